The third-order valence-electron chi connectivity index (χ3n) is 1.96. The van der Waals surface area contributed by atoms with E-state index in [1.807, 2.05) is 0 Å². The molecule has 0 spiro atoms. The molecule has 0 amide bonds. The monoisotopic (exact) mass is 297 g/mol. The third-order valence-corrected chi connectivity index (χ3v) is 3.91. The predicted octanol–water partition coefficient (Wildman–Crippen LogP) is 0.203. The number of carboxylic acids is 1. The summed E-state index contributed by atoms with van der Waals surface area (Å²) in [5, 5.41) is 17.1. The van der Waals surface area contributed by atoms with Crippen LogP contribution < -0.4 is 4.72 Å². The molecule has 0 aromatic heterocycles. The maximum Gasteiger partial charge on any atom is 0.324 e. The number of carbonyl (C=O) groups is 1. The number of sulfonamides is 1. The number of hydrogen-bond acceptors (Lipinski definition) is 4. The normalized spacial score (nSPS) is 13.3. The minimum Gasteiger partial charge on any atom is -0.480 e. The molecule has 1 aromatic carbocycles. The molecule has 100 valence electrons. The van der Waals surface area contributed by atoms with E-state index in [2.05, 4.69) is 0 Å². The lowest BCUT2D eigenvalue weighted by molar-refractivity contribution is -0.139. The second kappa shape index (κ2) is 5.61. The van der Waals surface area contributed by atoms with Crippen LogP contribution in [0.4, 0.5) is 4.39 Å². The number of rotatable bonds is 5. The van der Waals surface area contributed by atoms with E-state index in [1.165, 1.54) is 0 Å². The van der Waals surface area contributed by atoms with Crippen molar-refractivity contribution < 1.29 is 27.8 Å². The maximum absolute atomic E-state index is 12.9. The van der Waals surface area contributed by atoms with Gasteiger partial charge in [0.15, 0.2) is 0 Å². The molecule has 0 heterocycles. The van der Waals surface area contributed by atoms with Gasteiger partial charge in [-0.25, -0.2) is 12.8 Å². The Morgan fingerprint density at radius 2 is 2.11 bits per heavy atom. The molecule has 1 aromatic rings. The fourth-order valence-electron chi connectivity index (χ4n) is 1.10. The number of carboxylic acid groups (broad SMARTS) is 1. The molecular formula is C9H9ClFNO5S. The minimum absolute atomic E-state index is 0.258. The average molecular weight is 298 g/mol. The summed E-state index contributed by atoms with van der Waals surface area (Å²) in [5.41, 5.74) is 0. The molecule has 1 rings (SSSR count). The summed E-state index contributed by atoms with van der Waals surface area (Å²) in [5.74, 6) is -2.40. The second-order valence-electron chi connectivity index (χ2n) is 3.27. The Balaban J connectivity index is 3.14. The number of aliphatic hydroxyl groups excluding tert-OH is 1. The van der Waals surface area contributed by atoms with Crippen LogP contribution in [0.3, 0.4) is 0 Å². The Labute approximate surface area is 107 Å². The van der Waals surface area contributed by atoms with Gasteiger partial charge in [-0.3, -0.25) is 4.79 Å². The highest BCUT2D eigenvalue weighted by Crippen LogP contribution is 2.22. The van der Waals surface area contributed by atoms with Crippen LogP contribution in [0.1, 0.15) is 0 Å². The first-order chi connectivity index (χ1) is 8.27. The molecule has 0 aliphatic heterocycles. The van der Waals surface area contributed by atoms with Gasteiger partial charge in [0.1, 0.15) is 16.8 Å². The molecular weight excluding hydrogens is 289 g/mol. The number of aliphatic hydroxyl groups is 1. The number of aliphatic carboxylic acids is 1. The van der Waals surface area contributed by atoms with Gasteiger partial charge < -0.3 is 10.2 Å². The van der Waals surface area contributed by atoms with Gasteiger partial charge in [0.2, 0.25) is 10.0 Å². The molecule has 0 bridgehead atoms. The highest BCUT2D eigenvalue weighted by Gasteiger charge is 2.26. The zero-order valence-corrected chi connectivity index (χ0v) is 10.4. The van der Waals surface area contributed by atoms with Gasteiger partial charge in [-0.15, -0.1) is 0 Å². The quantitative estimate of drug-likeness (QED) is 0.720. The molecule has 0 saturated heterocycles. The molecule has 0 radical (unpaired) electrons. The second-order valence-corrected chi connectivity index (χ2v) is 5.36. The third kappa shape index (κ3) is 3.39. The summed E-state index contributed by atoms with van der Waals surface area (Å²) in [6, 6.07) is 0.915. The molecule has 1 atom stereocenters. The number of nitrogens with one attached hydrogen (secondary N) is 1. The van der Waals surface area contributed by atoms with Gasteiger partial charge in [0, 0.05) is 0 Å². The fourth-order valence-corrected chi connectivity index (χ4v) is 2.79. The summed E-state index contributed by atoms with van der Waals surface area (Å²) in [7, 11) is -4.33. The molecule has 0 aliphatic rings. The summed E-state index contributed by atoms with van der Waals surface area (Å²) in [6.07, 6.45) is 0. The standard InChI is InChI=1S/C9H9ClFNO5S/c10-6-2-1-5(11)3-8(6)18(16,17)12-7(4-13)9(14)15/h1-3,7,12-13H,4H2,(H,14,15). The molecule has 1 unspecified atom stereocenters. The molecule has 6 nitrogen and oxygen atoms in total. The zero-order valence-electron chi connectivity index (χ0n) is 8.80. The van der Waals surface area contributed by atoms with Gasteiger partial charge in [-0.2, -0.15) is 4.72 Å². The highest BCUT2D eigenvalue weighted by molar-refractivity contribution is 7.89. The van der Waals surface area contributed by atoms with Gasteiger partial charge in [0.25, 0.3) is 0 Å². The lowest BCUT2D eigenvalue weighted by atomic mass is 10.3. The molecule has 9 heteroatoms. The van der Waals surface area contributed by atoms with Crippen LogP contribution >= 0.6 is 11.6 Å². The van der Waals surface area contributed by atoms with E-state index in [9.17, 15) is 17.6 Å². The Morgan fingerprint density at radius 3 is 2.61 bits per heavy atom. The Bertz CT molecular complexity index is 562. The maximum atomic E-state index is 12.9. The van der Waals surface area contributed by atoms with Gasteiger partial charge in [0.05, 0.1) is 11.6 Å². The Hall–Kier alpha value is -1.22. The first kappa shape index (κ1) is 14.8. The van der Waals surface area contributed by atoms with Crippen LogP contribution in [-0.4, -0.2) is 37.2 Å². The van der Waals surface area contributed by atoms with Crippen molar-refractivity contribution >= 4 is 27.6 Å². The predicted molar refractivity (Wildman–Crippen MR) is 60.2 cm³/mol. The Morgan fingerprint density at radius 1 is 1.50 bits per heavy atom. The summed E-state index contributed by atoms with van der Waals surface area (Å²) >= 11 is 5.59. The van der Waals surface area contributed by atoms with E-state index in [4.69, 9.17) is 21.8 Å². The van der Waals surface area contributed by atoms with E-state index < -0.39 is 39.4 Å². The lowest BCUT2D eigenvalue weighted by Gasteiger charge is -2.13. The van der Waals surface area contributed by atoms with Crippen LogP contribution in [0.5, 0.6) is 0 Å². The first-order valence-corrected chi connectivity index (χ1v) is 6.45. The van der Waals surface area contributed by atoms with Crippen molar-refractivity contribution in [3.8, 4) is 0 Å². The van der Waals surface area contributed by atoms with E-state index in [-0.39, 0.29) is 5.02 Å². The van der Waals surface area contributed by atoms with Crippen molar-refractivity contribution in [1.82, 2.24) is 4.72 Å². The van der Waals surface area contributed by atoms with Crippen molar-refractivity contribution in [3.05, 3.63) is 29.0 Å². The van der Waals surface area contributed by atoms with Crippen LogP contribution in [-0.2, 0) is 14.8 Å². The molecule has 3 N–H and O–H groups in total. The van der Waals surface area contributed by atoms with Crippen LogP contribution in [0.15, 0.2) is 23.1 Å². The largest absolute Gasteiger partial charge is 0.480 e. The minimum atomic E-state index is -4.33. The number of halogens is 2. The SMILES string of the molecule is O=C(O)C(CO)NS(=O)(=O)c1cc(F)ccc1Cl. The van der Waals surface area contributed by atoms with E-state index in [1.54, 1.807) is 4.72 Å². The average Bonchev–Trinajstić information content (AvgIpc) is 2.28. The van der Waals surface area contributed by atoms with Crippen LogP contribution in [0.2, 0.25) is 5.02 Å². The summed E-state index contributed by atoms with van der Waals surface area (Å²) in [4.78, 5) is 10.0. The topological polar surface area (TPSA) is 104 Å². The first-order valence-electron chi connectivity index (χ1n) is 4.59. The van der Waals surface area contributed by atoms with E-state index >= 15 is 0 Å². The van der Waals surface area contributed by atoms with Crippen LogP contribution in [0, 0.1) is 5.82 Å². The smallest absolute Gasteiger partial charge is 0.324 e. The molecule has 18 heavy (non-hydrogen) atoms. The lowest BCUT2D eigenvalue weighted by Crippen LogP contribution is -2.43. The van der Waals surface area contributed by atoms with Crippen molar-refractivity contribution in [3.63, 3.8) is 0 Å². The van der Waals surface area contributed by atoms with Gasteiger partial charge in [-0.1, -0.05) is 11.6 Å². The van der Waals surface area contributed by atoms with Gasteiger partial charge >= 0.3 is 5.97 Å². The molecule has 0 saturated carbocycles. The zero-order chi connectivity index (χ0) is 13.9. The van der Waals surface area contributed by atoms with Crippen molar-refractivity contribution in [2.45, 2.75) is 10.9 Å². The van der Waals surface area contributed by atoms with Crippen molar-refractivity contribution in [2.24, 2.45) is 0 Å². The number of hydrogen-bond donors (Lipinski definition) is 3. The fraction of sp³-hybridized carbons (Fsp3) is 0.222. The van der Waals surface area contributed by atoms with Crippen LogP contribution in [0.25, 0.3) is 0 Å². The summed E-state index contributed by atoms with van der Waals surface area (Å²) < 4.78 is 38.1. The van der Waals surface area contributed by atoms with E-state index in [0.29, 0.717) is 6.07 Å². The Kier molecular flexibility index (Phi) is 4.63. The summed E-state index contributed by atoms with van der Waals surface area (Å²) in [6.45, 7) is -0.943. The highest BCUT2D eigenvalue weighted by atomic mass is 35.5. The molecule has 0 aliphatic carbocycles. The van der Waals surface area contributed by atoms with E-state index in [0.717, 1.165) is 12.1 Å². The number of benzene rings is 1. The van der Waals surface area contributed by atoms with Crippen molar-refractivity contribution in [1.29, 1.82) is 0 Å². The van der Waals surface area contributed by atoms with Crippen molar-refractivity contribution in [2.75, 3.05) is 6.61 Å². The molecule has 0 fully saturated rings. The van der Waals surface area contributed by atoms with Gasteiger partial charge in [-0.05, 0) is 18.2 Å².